The lowest BCUT2D eigenvalue weighted by atomic mass is 10.1. The quantitative estimate of drug-likeness (QED) is 0.192. The van der Waals surface area contributed by atoms with Crippen LogP contribution in [0.2, 0.25) is 0 Å². The van der Waals surface area contributed by atoms with Crippen molar-refractivity contribution in [1.82, 2.24) is 5.32 Å². The number of nitrogens with one attached hydrogen (secondary N) is 2. The van der Waals surface area contributed by atoms with Gasteiger partial charge in [0, 0.05) is 29.0 Å². The van der Waals surface area contributed by atoms with Crippen molar-refractivity contribution in [3.63, 3.8) is 0 Å². The first-order valence-electron chi connectivity index (χ1n) is 12.5. The standard InChI is InChI=1S/C31H29N3O4S/c1-2-34(26-12-5-3-6-13-26)30(36)24-10-9-11-25(22-24)32-31(39)33-29(35)23-16-18-28(19-17-23)38-21-20-37-27-14-7-4-8-15-27/h3-19,22H,2,20-21H2,1H3,(H2,32,33,35,39). The van der Waals surface area contributed by atoms with Crippen LogP contribution in [0.1, 0.15) is 27.6 Å². The van der Waals surface area contributed by atoms with Crippen LogP contribution in [-0.4, -0.2) is 36.7 Å². The minimum atomic E-state index is -0.361. The Morgan fingerprint density at radius 1 is 0.744 bits per heavy atom. The van der Waals surface area contributed by atoms with E-state index < -0.39 is 0 Å². The van der Waals surface area contributed by atoms with E-state index in [9.17, 15) is 9.59 Å². The monoisotopic (exact) mass is 539 g/mol. The number of benzene rings is 4. The summed E-state index contributed by atoms with van der Waals surface area (Å²) in [5.41, 5.74) is 2.35. The number of carbonyl (C=O) groups is 2. The number of para-hydroxylation sites is 2. The molecule has 0 radical (unpaired) electrons. The maximum absolute atomic E-state index is 13.1. The Bertz CT molecular complexity index is 1400. The first-order valence-corrected chi connectivity index (χ1v) is 12.9. The van der Waals surface area contributed by atoms with Crippen molar-refractivity contribution in [3.05, 3.63) is 120 Å². The third-order valence-corrected chi connectivity index (χ3v) is 5.91. The van der Waals surface area contributed by atoms with E-state index in [1.807, 2.05) is 67.6 Å². The van der Waals surface area contributed by atoms with Crippen molar-refractivity contribution in [2.45, 2.75) is 6.92 Å². The van der Waals surface area contributed by atoms with Gasteiger partial charge in [0.2, 0.25) is 0 Å². The fourth-order valence-electron chi connectivity index (χ4n) is 3.81. The fourth-order valence-corrected chi connectivity index (χ4v) is 4.02. The van der Waals surface area contributed by atoms with Crippen molar-refractivity contribution < 1.29 is 19.1 Å². The van der Waals surface area contributed by atoms with Crippen molar-refractivity contribution in [2.75, 3.05) is 30.0 Å². The molecule has 0 fully saturated rings. The molecule has 0 aliphatic carbocycles. The number of rotatable bonds is 10. The van der Waals surface area contributed by atoms with Crippen molar-refractivity contribution in [1.29, 1.82) is 0 Å². The molecule has 198 valence electrons. The summed E-state index contributed by atoms with van der Waals surface area (Å²) in [5.74, 6) is 0.921. The molecule has 4 aromatic rings. The number of anilines is 2. The van der Waals surface area contributed by atoms with Gasteiger partial charge in [0.25, 0.3) is 11.8 Å². The zero-order valence-electron chi connectivity index (χ0n) is 21.5. The van der Waals surface area contributed by atoms with Crippen LogP contribution in [0.15, 0.2) is 109 Å². The van der Waals surface area contributed by atoms with E-state index in [0.717, 1.165) is 11.4 Å². The van der Waals surface area contributed by atoms with E-state index in [2.05, 4.69) is 10.6 Å². The summed E-state index contributed by atoms with van der Waals surface area (Å²) in [4.78, 5) is 27.5. The van der Waals surface area contributed by atoms with Crippen LogP contribution in [0.4, 0.5) is 11.4 Å². The van der Waals surface area contributed by atoms with E-state index in [1.54, 1.807) is 53.4 Å². The largest absolute Gasteiger partial charge is 0.490 e. The highest BCUT2D eigenvalue weighted by atomic mass is 32.1. The molecule has 0 atom stereocenters. The van der Waals surface area contributed by atoms with Crippen LogP contribution in [0.5, 0.6) is 11.5 Å². The zero-order valence-corrected chi connectivity index (χ0v) is 22.3. The van der Waals surface area contributed by atoms with Gasteiger partial charge in [-0.1, -0.05) is 42.5 Å². The molecule has 0 bridgehead atoms. The van der Waals surface area contributed by atoms with Crippen molar-refractivity contribution in [3.8, 4) is 11.5 Å². The van der Waals surface area contributed by atoms with Crippen LogP contribution in [0.3, 0.4) is 0 Å². The first kappa shape index (κ1) is 27.3. The average molecular weight is 540 g/mol. The molecule has 0 aromatic heterocycles. The van der Waals surface area contributed by atoms with Gasteiger partial charge in [-0.15, -0.1) is 0 Å². The molecule has 4 aromatic carbocycles. The molecule has 7 nitrogen and oxygen atoms in total. The van der Waals surface area contributed by atoms with Crippen molar-refractivity contribution >= 4 is 40.5 Å². The molecule has 2 amide bonds. The molecule has 0 heterocycles. The van der Waals surface area contributed by atoms with E-state index in [-0.39, 0.29) is 16.9 Å². The Labute approximate surface area is 233 Å². The lowest BCUT2D eigenvalue weighted by Crippen LogP contribution is -2.34. The summed E-state index contributed by atoms with van der Waals surface area (Å²) >= 11 is 5.33. The smallest absolute Gasteiger partial charge is 0.258 e. The van der Waals surface area contributed by atoms with E-state index in [1.165, 1.54) is 0 Å². The van der Waals surface area contributed by atoms with Gasteiger partial charge in [0.15, 0.2) is 5.11 Å². The lowest BCUT2D eigenvalue weighted by molar-refractivity contribution is 0.0973. The second-order valence-electron chi connectivity index (χ2n) is 8.41. The molecule has 0 aliphatic rings. The summed E-state index contributed by atoms with van der Waals surface area (Å²) < 4.78 is 11.3. The van der Waals surface area contributed by atoms with E-state index in [0.29, 0.717) is 42.3 Å². The summed E-state index contributed by atoms with van der Waals surface area (Å²) in [6, 6.07) is 32.8. The Kier molecular flexibility index (Phi) is 9.63. The second-order valence-corrected chi connectivity index (χ2v) is 8.82. The number of hydrogen-bond donors (Lipinski definition) is 2. The molecule has 0 unspecified atom stereocenters. The molecule has 0 saturated heterocycles. The summed E-state index contributed by atoms with van der Waals surface area (Å²) in [6.45, 7) is 3.23. The number of ether oxygens (including phenoxy) is 2. The Morgan fingerprint density at radius 3 is 2.00 bits per heavy atom. The van der Waals surface area contributed by atoms with Gasteiger partial charge in [0.1, 0.15) is 24.7 Å². The van der Waals surface area contributed by atoms with Crippen LogP contribution in [0, 0.1) is 0 Å². The molecule has 8 heteroatoms. The average Bonchev–Trinajstić information content (AvgIpc) is 2.97. The molecule has 4 rings (SSSR count). The van der Waals surface area contributed by atoms with Crippen molar-refractivity contribution in [2.24, 2.45) is 0 Å². The Balaban J connectivity index is 1.27. The van der Waals surface area contributed by atoms with Gasteiger partial charge in [-0.05, 0) is 85.9 Å². The highest BCUT2D eigenvalue weighted by Gasteiger charge is 2.16. The molecular weight excluding hydrogens is 510 g/mol. The Hall–Kier alpha value is -4.69. The number of carbonyl (C=O) groups excluding carboxylic acids is 2. The zero-order chi connectivity index (χ0) is 27.5. The normalized spacial score (nSPS) is 10.3. The third-order valence-electron chi connectivity index (χ3n) is 5.70. The topological polar surface area (TPSA) is 79.9 Å². The van der Waals surface area contributed by atoms with E-state index >= 15 is 0 Å². The molecule has 0 aliphatic heterocycles. The minimum Gasteiger partial charge on any atom is -0.490 e. The van der Waals surface area contributed by atoms with Crippen LogP contribution >= 0.6 is 12.2 Å². The van der Waals surface area contributed by atoms with E-state index in [4.69, 9.17) is 21.7 Å². The molecule has 39 heavy (non-hydrogen) atoms. The number of thiocarbonyl (C=S) groups is 1. The van der Waals surface area contributed by atoms with Gasteiger partial charge in [-0.2, -0.15) is 0 Å². The molecular formula is C31H29N3O4S. The second kappa shape index (κ2) is 13.7. The first-order chi connectivity index (χ1) is 19.0. The van der Waals surface area contributed by atoms with Gasteiger partial charge in [-0.25, -0.2) is 0 Å². The lowest BCUT2D eigenvalue weighted by Gasteiger charge is -2.21. The highest BCUT2D eigenvalue weighted by molar-refractivity contribution is 7.80. The highest BCUT2D eigenvalue weighted by Crippen LogP contribution is 2.19. The van der Waals surface area contributed by atoms with Gasteiger partial charge >= 0.3 is 0 Å². The number of hydrogen-bond acceptors (Lipinski definition) is 5. The predicted molar refractivity (Wildman–Crippen MR) is 158 cm³/mol. The maximum Gasteiger partial charge on any atom is 0.258 e. The maximum atomic E-state index is 13.1. The third kappa shape index (κ3) is 7.90. The Morgan fingerprint density at radius 2 is 1.36 bits per heavy atom. The summed E-state index contributed by atoms with van der Waals surface area (Å²) in [5, 5.41) is 5.78. The van der Waals surface area contributed by atoms with Crippen LogP contribution < -0.4 is 25.0 Å². The summed E-state index contributed by atoms with van der Waals surface area (Å²) in [6.07, 6.45) is 0. The number of nitrogens with zero attached hydrogens (tertiary/aromatic N) is 1. The van der Waals surface area contributed by atoms with Gasteiger partial charge in [-0.3, -0.25) is 14.9 Å². The SMILES string of the molecule is CCN(C(=O)c1cccc(NC(=S)NC(=O)c2ccc(OCCOc3ccccc3)cc2)c1)c1ccccc1. The predicted octanol–water partition coefficient (Wildman–Crippen LogP) is 5.94. The minimum absolute atomic E-state index is 0.124. The van der Waals surface area contributed by atoms with Gasteiger partial charge in [0.05, 0.1) is 0 Å². The number of amides is 2. The molecule has 0 spiro atoms. The molecule has 2 N–H and O–H groups in total. The summed E-state index contributed by atoms with van der Waals surface area (Å²) in [7, 11) is 0. The fraction of sp³-hybridized carbons (Fsp3) is 0.129. The molecule has 0 saturated carbocycles. The van der Waals surface area contributed by atoms with Gasteiger partial charge < -0.3 is 19.7 Å². The van der Waals surface area contributed by atoms with Crippen LogP contribution in [-0.2, 0) is 0 Å². The van der Waals surface area contributed by atoms with Crippen LogP contribution in [0.25, 0.3) is 0 Å².